The highest BCUT2D eigenvalue weighted by Gasteiger charge is 2.54. The fraction of sp³-hybridized carbons (Fsp3) is 0.150. The van der Waals surface area contributed by atoms with Crippen molar-refractivity contribution >= 4 is 52.9 Å². The molecule has 1 N–H and O–H groups in total. The molecule has 3 heterocycles. The summed E-state index contributed by atoms with van der Waals surface area (Å²) in [7, 11) is -10.2. The molecule has 0 radical (unpaired) electrons. The maximum Gasteiger partial charge on any atom is 0.321 e. The summed E-state index contributed by atoms with van der Waals surface area (Å²) in [6.07, 6.45) is -2.25. The zero-order valence-electron chi connectivity index (χ0n) is 31.0. The predicted octanol–water partition coefficient (Wildman–Crippen LogP) is 6.53. The molecule has 0 unspecified atom stereocenters. The van der Waals surface area contributed by atoms with Crippen molar-refractivity contribution in [3.63, 3.8) is 0 Å². The number of nitrogens with zero attached hydrogens (tertiary/aromatic N) is 5. The average Bonchev–Trinajstić information content (AvgIpc) is 3.20. The molecule has 292 valence electrons. The smallest absolute Gasteiger partial charge is 0.321 e. The van der Waals surface area contributed by atoms with E-state index in [1.54, 1.807) is 102 Å². The van der Waals surface area contributed by atoms with E-state index >= 15 is 0 Å². The number of fused-ring (bicyclic) bond motifs is 6. The summed E-state index contributed by atoms with van der Waals surface area (Å²) in [6.45, 7) is 3.72. The third-order valence-corrected chi connectivity index (χ3v) is 14.7. The summed E-state index contributed by atoms with van der Waals surface area (Å²) in [6, 6.07) is 33.6. The molecular formula is C40H36N6O8S3. The van der Waals surface area contributed by atoms with Crippen molar-refractivity contribution in [1.29, 1.82) is 0 Å². The highest BCUT2D eigenvalue weighted by molar-refractivity contribution is 7.93. The Morgan fingerprint density at radius 2 is 1.02 bits per heavy atom. The Morgan fingerprint density at radius 1 is 0.561 bits per heavy atom. The van der Waals surface area contributed by atoms with Crippen molar-refractivity contribution in [1.82, 2.24) is 9.97 Å². The molecular weight excluding hydrogens is 789 g/mol. The van der Waals surface area contributed by atoms with Gasteiger partial charge in [0.25, 0.3) is 30.1 Å². The van der Waals surface area contributed by atoms with Crippen LogP contribution in [-0.2, 0) is 30.1 Å². The number of nitrogens with one attached hydrogen (secondary N) is 1. The lowest BCUT2D eigenvalue weighted by Gasteiger charge is -2.56. The second-order valence-electron chi connectivity index (χ2n) is 13.4. The normalized spacial score (nSPS) is 16.4. The van der Waals surface area contributed by atoms with Gasteiger partial charge < -0.3 is 14.4 Å². The maximum atomic E-state index is 15.0. The largest absolute Gasteiger partial charge is 0.481 e. The van der Waals surface area contributed by atoms with Gasteiger partial charge in [0, 0.05) is 22.9 Å². The Labute approximate surface area is 331 Å². The van der Waals surface area contributed by atoms with E-state index in [0.29, 0.717) is 28.2 Å². The SMILES string of the molecule is COc1cc(NS(=O)(=O)c2ccc(N3[C@@H]4c5ccccc5N(S(=O)(=O)c5ccc(C)cc5)[C@H]3c3ccccc3N4S(=O)(=O)c3ccc(C)cc3)cc2)nc(OC)n1. The van der Waals surface area contributed by atoms with Gasteiger partial charge in [-0.3, -0.25) is 4.72 Å². The molecule has 57 heavy (non-hydrogen) atoms. The molecule has 8 rings (SSSR count). The van der Waals surface area contributed by atoms with E-state index in [1.165, 1.54) is 53.2 Å². The number of anilines is 4. The van der Waals surface area contributed by atoms with Crippen molar-refractivity contribution in [3.8, 4) is 11.9 Å². The van der Waals surface area contributed by atoms with Crippen LogP contribution in [0.3, 0.4) is 0 Å². The minimum atomic E-state index is -4.33. The fourth-order valence-corrected chi connectivity index (χ4v) is 11.3. The van der Waals surface area contributed by atoms with Gasteiger partial charge in [0.05, 0.1) is 40.3 Å². The van der Waals surface area contributed by atoms with Gasteiger partial charge in [-0.2, -0.15) is 9.97 Å². The van der Waals surface area contributed by atoms with Crippen molar-refractivity contribution in [3.05, 3.63) is 150 Å². The van der Waals surface area contributed by atoms with Gasteiger partial charge in [-0.15, -0.1) is 0 Å². The van der Waals surface area contributed by atoms with E-state index in [0.717, 1.165) is 11.1 Å². The summed E-state index contributed by atoms with van der Waals surface area (Å²) in [4.78, 5) is 9.70. The van der Waals surface area contributed by atoms with Crippen LogP contribution in [0.1, 0.15) is 34.6 Å². The third-order valence-electron chi connectivity index (χ3n) is 9.79. The van der Waals surface area contributed by atoms with Crippen molar-refractivity contribution in [2.45, 2.75) is 40.9 Å². The van der Waals surface area contributed by atoms with Crippen LogP contribution in [-0.4, -0.2) is 49.4 Å². The summed E-state index contributed by atoms with van der Waals surface area (Å²) in [5, 5.41) is 0. The van der Waals surface area contributed by atoms with Crippen molar-refractivity contribution < 1.29 is 34.7 Å². The molecule has 2 bridgehead atoms. The Morgan fingerprint density at radius 3 is 1.47 bits per heavy atom. The van der Waals surface area contributed by atoms with Crippen LogP contribution < -0.4 is 27.7 Å². The van der Waals surface area contributed by atoms with E-state index in [4.69, 9.17) is 9.47 Å². The summed E-state index contributed by atoms with van der Waals surface area (Å²) < 4.78 is 103. The second-order valence-corrected chi connectivity index (χ2v) is 18.7. The first-order valence-corrected chi connectivity index (χ1v) is 21.9. The molecule has 2 atom stereocenters. The van der Waals surface area contributed by atoms with Gasteiger partial charge >= 0.3 is 6.01 Å². The molecule has 0 saturated carbocycles. The van der Waals surface area contributed by atoms with Crippen LogP contribution in [0.5, 0.6) is 11.9 Å². The van der Waals surface area contributed by atoms with E-state index < -0.39 is 42.4 Å². The molecule has 17 heteroatoms. The van der Waals surface area contributed by atoms with Crippen LogP contribution in [0.2, 0.25) is 0 Å². The van der Waals surface area contributed by atoms with E-state index in [-0.39, 0.29) is 32.4 Å². The number of rotatable bonds is 10. The molecule has 5 aromatic carbocycles. The van der Waals surface area contributed by atoms with Crippen LogP contribution >= 0.6 is 0 Å². The number of benzene rings is 5. The Bertz CT molecular complexity index is 2690. The highest BCUT2D eigenvalue weighted by atomic mass is 32.2. The van der Waals surface area contributed by atoms with Gasteiger partial charge in [-0.05, 0) is 74.5 Å². The zero-order chi connectivity index (χ0) is 40.3. The van der Waals surface area contributed by atoms with Gasteiger partial charge in [0.15, 0.2) is 5.82 Å². The Kier molecular flexibility index (Phi) is 9.33. The van der Waals surface area contributed by atoms with Gasteiger partial charge in [0.2, 0.25) is 5.88 Å². The summed E-state index contributed by atoms with van der Waals surface area (Å²) in [5.41, 5.74) is 3.45. The molecule has 1 aromatic heterocycles. The molecule has 14 nitrogen and oxygen atoms in total. The molecule has 6 aromatic rings. The maximum absolute atomic E-state index is 15.0. The first kappa shape index (κ1) is 37.7. The number of sulfonamides is 3. The van der Waals surface area contributed by atoms with Crippen LogP contribution in [0.15, 0.2) is 142 Å². The standard InChI is InChI=1S/C40H36N6O8S3/c1-26-13-19-30(20-14-26)56(49,50)45-34-11-7-5-9-32(34)39-44(28-17-23-29(24-18-28)55(47,48)43-36-25-37(53-3)42-40(41-36)54-4)38(45)33-10-6-8-12-35(33)46(39)57(51,52)31-21-15-27(2)16-22-31/h5-25,38-39H,1-4H3,(H,41,42,43)/t38-,39-/m0/s1. The van der Waals surface area contributed by atoms with Crippen molar-refractivity contribution in [2.24, 2.45) is 0 Å². The molecule has 0 aliphatic carbocycles. The number of methoxy groups -OCH3 is 2. The number of hydrogen-bond donors (Lipinski definition) is 1. The zero-order valence-corrected chi connectivity index (χ0v) is 33.5. The first-order valence-electron chi connectivity index (χ1n) is 17.5. The van der Waals surface area contributed by atoms with E-state index in [2.05, 4.69) is 14.7 Å². The average molecular weight is 825 g/mol. The van der Waals surface area contributed by atoms with E-state index in [9.17, 15) is 25.3 Å². The lowest BCUT2D eigenvalue weighted by molar-refractivity contribution is 0.353. The number of para-hydroxylation sites is 2. The lowest BCUT2D eigenvalue weighted by atomic mass is 9.95. The Hall–Kier alpha value is -6.17. The van der Waals surface area contributed by atoms with E-state index in [1.807, 2.05) is 13.8 Å². The predicted molar refractivity (Wildman–Crippen MR) is 215 cm³/mol. The molecule has 0 fully saturated rings. The fourth-order valence-electron chi connectivity index (χ4n) is 7.09. The highest BCUT2D eigenvalue weighted by Crippen LogP contribution is 2.57. The first-order chi connectivity index (χ1) is 27.2. The minimum absolute atomic E-state index is 0.0407. The summed E-state index contributed by atoms with van der Waals surface area (Å²) in [5.74, 6) is -0.0298. The van der Waals surface area contributed by atoms with Gasteiger partial charge in [-0.1, -0.05) is 71.8 Å². The topological polar surface area (TPSA) is 168 Å². The molecule has 0 saturated heterocycles. The number of aromatic nitrogens is 2. The third kappa shape index (κ3) is 6.46. The number of aryl methyl sites for hydroxylation is 2. The Balaban J connectivity index is 1.33. The molecule has 0 spiro atoms. The number of ether oxygens (including phenoxy) is 2. The molecule has 2 aliphatic heterocycles. The van der Waals surface area contributed by atoms with Crippen LogP contribution in [0, 0.1) is 13.8 Å². The van der Waals surface area contributed by atoms with Gasteiger partial charge in [0.1, 0.15) is 12.3 Å². The van der Waals surface area contributed by atoms with Crippen LogP contribution in [0.25, 0.3) is 0 Å². The number of hydrogen-bond acceptors (Lipinski definition) is 11. The molecule has 2 aliphatic rings. The van der Waals surface area contributed by atoms with Crippen molar-refractivity contribution in [2.75, 3.05) is 32.5 Å². The second kappa shape index (κ2) is 14.1. The van der Waals surface area contributed by atoms with Crippen LogP contribution in [0.4, 0.5) is 22.9 Å². The monoisotopic (exact) mass is 824 g/mol. The minimum Gasteiger partial charge on any atom is -0.481 e. The lowest BCUT2D eigenvalue weighted by Crippen LogP contribution is -2.59. The summed E-state index contributed by atoms with van der Waals surface area (Å²) >= 11 is 0. The quantitative estimate of drug-likeness (QED) is 0.159. The van der Waals surface area contributed by atoms with Gasteiger partial charge in [-0.25, -0.2) is 33.9 Å². The molecule has 0 amide bonds.